The molecule has 0 aromatic heterocycles. The summed E-state index contributed by atoms with van der Waals surface area (Å²) in [4.78, 5) is 2.33. The molecule has 1 radical (unpaired) electrons. The molecule has 1 unspecified atom stereocenters. The molecule has 1 fully saturated rings. The maximum absolute atomic E-state index is 9.29. The molecule has 1 aliphatic rings. The molecule has 1 atom stereocenters. The van der Waals surface area contributed by atoms with Gasteiger partial charge in [0.25, 0.3) is 0 Å². The van der Waals surface area contributed by atoms with Gasteiger partial charge in [-0.05, 0) is 44.7 Å². The molecule has 1 aromatic carbocycles. The Bertz CT molecular complexity index is 341. The van der Waals surface area contributed by atoms with Gasteiger partial charge >= 0.3 is 0 Å². The topological polar surface area (TPSA) is 23.5 Å². The van der Waals surface area contributed by atoms with E-state index >= 15 is 0 Å². The molecule has 0 saturated carbocycles. The molecule has 0 bridgehead atoms. The van der Waals surface area contributed by atoms with Gasteiger partial charge in [0.2, 0.25) is 0 Å². The number of aliphatic hydroxyl groups excluding tert-OH is 1. The van der Waals surface area contributed by atoms with Crippen molar-refractivity contribution in [3.63, 3.8) is 0 Å². The molecule has 1 N–H and O–H groups in total. The molecule has 0 aliphatic carbocycles. The minimum absolute atomic E-state index is 0. The number of hydrogen-bond acceptors (Lipinski definition) is 2. The molecule has 3 heteroatoms. The molecular formula is C20H41NOY. The minimum atomic E-state index is -0.0730. The molecule has 2 nitrogen and oxygen atoms in total. The zero-order valence-electron chi connectivity index (χ0n) is 13.4. The predicted molar refractivity (Wildman–Crippen MR) is 103 cm³/mol. The Balaban J connectivity index is -0.000000134. The normalized spacial score (nSPS) is 16.7. The summed E-state index contributed by atoms with van der Waals surface area (Å²) >= 11 is 0. The van der Waals surface area contributed by atoms with Crippen molar-refractivity contribution in [2.24, 2.45) is 0 Å². The van der Waals surface area contributed by atoms with E-state index in [4.69, 9.17) is 0 Å². The van der Waals surface area contributed by atoms with E-state index in [-0.39, 0.29) is 61.1 Å². The Labute approximate surface area is 171 Å². The van der Waals surface area contributed by atoms with E-state index in [1.165, 1.54) is 5.56 Å². The minimum Gasteiger partial charge on any atom is -0.392 e. The van der Waals surface area contributed by atoms with Crippen LogP contribution in [-0.4, -0.2) is 35.2 Å². The molecule has 1 saturated heterocycles. The van der Waals surface area contributed by atoms with Crippen LogP contribution in [0.25, 0.3) is 0 Å². The fourth-order valence-corrected chi connectivity index (χ4v) is 2.29. The van der Waals surface area contributed by atoms with E-state index in [1.807, 2.05) is 6.07 Å². The SMILES string of the molecule is C.C.C.CC(C)N1CCCC(O)C1.CC(C)c1ccccc1.[Y]. The van der Waals surface area contributed by atoms with E-state index in [2.05, 4.69) is 56.9 Å². The Hall–Kier alpha value is 0.244. The van der Waals surface area contributed by atoms with E-state index in [1.54, 1.807) is 0 Å². The van der Waals surface area contributed by atoms with Crippen molar-refractivity contribution in [1.82, 2.24) is 4.90 Å². The number of benzene rings is 1. The van der Waals surface area contributed by atoms with Crippen LogP contribution >= 0.6 is 0 Å². The second-order valence-corrected chi connectivity index (χ2v) is 5.95. The average Bonchev–Trinajstić information content (AvgIpc) is 2.40. The largest absolute Gasteiger partial charge is 0.392 e. The second-order valence-electron chi connectivity index (χ2n) is 5.95. The maximum atomic E-state index is 9.29. The molecule has 135 valence electrons. The van der Waals surface area contributed by atoms with Gasteiger partial charge in [-0.15, -0.1) is 0 Å². The fourth-order valence-electron chi connectivity index (χ4n) is 2.29. The Morgan fingerprint density at radius 1 is 1.00 bits per heavy atom. The van der Waals surface area contributed by atoms with Gasteiger partial charge in [-0.25, -0.2) is 0 Å². The Morgan fingerprint density at radius 2 is 1.52 bits per heavy atom. The zero-order valence-corrected chi connectivity index (χ0v) is 16.3. The van der Waals surface area contributed by atoms with Gasteiger partial charge in [-0.2, -0.15) is 0 Å². The van der Waals surface area contributed by atoms with E-state index in [0.29, 0.717) is 12.0 Å². The van der Waals surface area contributed by atoms with Crippen molar-refractivity contribution in [3.05, 3.63) is 35.9 Å². The third kappa shape index (κ3) is 13.2. The van der Waals surface area contributed by atoms with Gasteiger partial charge in [0.1, 0.15) is 0 Å². The van der Waals surface area contributed by atoms with Crippen LogP contribution in [0, 0.1) is 0 Å². The van der Waals surface area contributed by atoms with Crippen molar-refractivity contribution in [3.8, 4) is 0 Å². The van der Waals surface area contributed by atoms with Gasteiger partial charge in [-0.1, -0.05) is 66.5 Å². The second kappa shape index (κ2) is 17.1. The Kier molecular flexibility index (Phi) is 23.1. The van der Waals surface area contributed by atoms with Crippen LogP contribution < -0.4 is 0 Å². The summed E-state index contributed by atoms with van der Waals surface area (Å²) in [7, 11) is 0. The summed E-state index contributed by atoms with van der Waals surface area (Å²) in [6.45, 7) is 10.8. The van der Waals surface area contributed by atoms with Crippen LogP contribution in [0.5, 0.6) is 0 Å². The summed E-state index contributed by atoms with van der Waals surface area (Å²) in [5, 5.41) is 9.29. The van der Waals surface area contributed by atoms with Crippen molar-refractivity contribution < 1.29 is 37.8 Å². The standard InChI is InChI=1S/C9H12.C8H17NO.3CH4.Y/c1-8(2)9-6-4-3-5-7-9;1-7(2)9-5-3-4-8(10)6-9;;;;/h3-8H,1-2H3;7-8,10H,3-6H2,1-2H3;3*1H4;. The molecule has 2 rings (SSSR count). The first kappa shape index (κ1) is 31.1. The average molecular weight is 400 g/mol. The van der Waals surface area contributed by atoms with Crippen LogP contribution in [0.1, 0.15) is 74.3 Å². The number of rotatable bonds is 2. The summed E-state index contributed by atoms with van der Waals surface area (Å²) in [6.07, 6.45) is 2.07. The number of β-amino-alcohol motifs (C(OH)–C–C–N with tert-alkyl or cyclic N) is 1. The zero-order chi connectivity index (χ0) is 14.3. The van der Waals surface area contributed by atoms with Crippen LogP contribution in [0.15, 0.2) is 30.3 Å². The van der Waals surface area contributed by atoms with Crippen LogP contribution in [0.4, 0.5) is 0 Å². The third-order valence-corrected chi connectivity index (χ3v) is 3.62. The van der Waals surface area contributed by atoms with Gasteiger partial charge < -0.3 is 5.11 Å². The van der Waals surface area contributed by atoms with Crippen molar-refractivity contribution in [2.45, 2.75) is 80.9 Å². The van der Waals surface area contributed by atoms with Gasteiger partial charge in [0, 0.05) is 45.3 Å². The maximum Gasteiger partial charge on any atom is 0.0667 e. The molecule has 0 spiro atoms. The number of hydrogen-bond donors (Lipinski definition) is 1. The first-order valence-corrected chi connectivity index (χ1v) is 7.47. The number of nitrogens with zero attached hydrogens (tertiary/aromatic N) is 1. The van der Waals surface area contributed by atoms with Gasteiger partial charge in [0.15, 0.2) is 0 Å². The predicted octanol–water partition coefficient (Wildman–Crippen LogP) is 5.57. The Morgan fingerprint density at radius 3 is 1.83 bits per heavy atom. The number of aliphatic hydroxyl groups is 1. The van der Waals surface area contributed by atoms with Crippen molar-refractivity contribution >= 4 is 0 Å². The number of piperidine rings is 1. The smallest absolute Gasteiger partial charge is 0.0667 e. The van der Waals surface area contributed by atoms with E-state index in [0.717, 1.165) is 25.9 Å². The van der Waals surface area contributed by atoms with Crippen molar-refractivity contribution in [2.75, 3.05) is 13.1 Å². The van der Waals surface area contributed by atoms with Crippen LogP contribution in [-0.2, 0) is 32.7 Å². The summed E-state index contributed by atoms with van der Waals surface area (Å²) in [6, 6.07) is 11.1. The summed E-state index contributed by atoms with van der Waals surface area (Å²) < 4.78 is 0. The van der Waals surface area contributed by atoms with Crippen LogP contribution in [0.3, 0.4) is 0 Å². The molecular weight excluding hydrogens is 359 g/mol. The molecule has 1 aromatic rings. The van der Waals surface area contributed by atoms with Crippen LogP contribution in [0.2, 0.25) is 0 Å². The van der Waals surface area contributed by atoms with Gasteiger partial charge in [-0.3, -0.25) is 4.90 Å². The van der Waals surface area contributed by atoms with Gasteiger partial charge in [0.05, 0.1) is 6.10 Å². The van der Waals surface area contributed by atoms with Crippen molar-refractivity contribution in [1.29, 1.82) is 0 Å². The molecule has 23 heavy (non-hydrogen) atoms. The number of likely N-dealkylation sites (tertiary alicyclic amines) is 1. The molecule has 1 heterocycles. The quantitative estimate of drug-likeness (QED) is 0.702. The molecule has 1 aliphatic heterocycles. The fraction of sp³-hybridized carbons (Fsp3) is 0.700. The first-order chi connectivity index (χ1) is 9.00. The third-order valence-electron chi connectivity index (χ3n) is 3.62. The van der Waals surface area contributed by atoms with E-state index in [9.17, 15) is 5.11 Å². The summed E-state index contributed by atoms with van der Waals surface area (Å²) in [5.74, 6) is 0.659. The monoisotopic (exact) mass is 400 g/mol. The van der Waals surface area contributed by atoms with E-state index < -0.39 is 0 Å². The first-order valence-electron chi connectivity index (χ1n) is 7.47. The molecule has 0 amide bonds. The summed E-state index contributed by atoms with van der Waals surface area (Å²) in [5.41, 5.74) is 1.41.